The van der Waals surface area contributed by atoms with Crippen LogP contribution in [-0.4, -0.2) is 56.6 Å². The van der Waals surface area contributed by atoms with E-state index in [0.29, 0.717) is 36.8 Å². The Morgan fingerprint density at radius 1 is 1.11 bits per heavy atom. The fourth-order valence-electron chi connectivity index (χ4n) is 4.55. The fraction of sp³-hybridized carbons (Fsp3) is 0.345. The summed E-state index contributed by atoms with van der Waals surface area (Å²) in [5.41, 5.74) is -2.28. The van der Waals surface area contributed by atoms with Crippen LogP contribution in [0.4, 0.5) is 30.4 Å². The number of imide groups is 1. The van der Waals surface area contributed by atoms with Crippen LogP contribution >= 0.6 is 0 Å². The highest BCUT2D eigenvalue weighted by atomic mass is 19.4. The number of alkyl halides is 3. The molecule has 3 aromatic rings. The number of hydrogen-bond acceptors (Lipinski definition) is 9. The van der Waals surface area contributed by atoms with Crippen LogP contribution in [0.25, 0.3) is 0 Å². The van der Waals surface area contributed by atoms with Gasteiger partial charge in [-0.15, -0.1) is 0 Å². The van der Waals surface area contributed by atoms with Gasteiger partial charge in [-0.3, -0.25) is 24.4 Å². The van der Waals surface area contributed by atoms with E-state index in [0.717, 1.165) is 12.0 Å². The number of nitriles is 1. The number of carbonyl (C=O) groups excluding carboxylic acids is 3. The predicted molar refractivity (Wildman–Crippen MR) is 151 cm³/mol. The zero-order valence-electron chi connectivity index (χ0n) is 23.6. The fourth-order valence-corrected chi connectivity index (χ4v) is 4.55. The minimum Gasteiger partial charge on any atom is -0.372 e. The standard InChI is InChI=1S/C29H26F3N9O3/c1-28(2,27(44)38-20-9-21(29(30,31)32)23(10-33)34-13-20)41-16-17(11-36-41)3-4-18-14-40(15-18)24-7-5-19(12-35-24)37-22-6-8-25(42)39-26(22)43/h5,7,9,11-13,16,18,22,37H,6,8,14-15H2,1-2H3,(H,38,44)(H,39,42,43). The first-order valence-electron chi connectivity index (χ1n) is 13.5. The van der Waals surface area contributed by atoms with E-state index in [1.54, 1.807) is 26.2 Å². The van der Waals surface area contributed by atoms with Gasteiger partial charge < -0.3 is 15.5 Å². The van der Waals surface area contributed by atoms with Crippen molar-refractivity contribution in [3.05, 3.63) is 59.8 Å². The summed E-state index contributed by atoms with van der Waals surface area (Å²) >= 11 is 0. The van der Waals surface area contributed by atoms with Gasteiger partial charge in [-0.1, -0.05) is 11.8 Å². The smallest absolute Gasteiger partial charge is 0.372 e. The second-order valence-electron chi connectivity index (χ2n) is 10.8. The molecule has 5 heterocycles. The average Bonchev–Trinajstić information content (AvgIpc) is 3.44. The molecule has 2 aliphatic heterocycles. The molecule has 0 bridgehead atoms. The van der Waals surface area contributed by atoms with Crippen LogP contribution in [0.3, 0.4) is 0 Å². The van der Waals surface area contributed by atoms with Crippen molar-refractivity contribution >= 4 is 34.9 Å². The molecule has 1 atom stereocenters. The van der Waals surface area contributed by atoms with Crippen LogP contribution in [0.1, 0.15) is 43.5 Å². The van der Waals surface area contributed by atoms with Gasteiger partial charge in [0.25, 0.3) is 5.91 Å². The lowest BCUT2D eigenvalue weighted by Crippen LogP contribution is -2.47. The minimum atomic E-state index is -4.81. The molecule has 0 radical (unpaired) electrons. The molecule has 3 aromatic heterocycles. The summed E-state index contributed by atoms with van der Waals surface area (Å²) in [5.74, 6) is 5.80. The summed E-state index contributed by atoms with van der Waals surface area (Å²) in [6.07, 6.45) is 1.61. The van der Waals surface area contributed by atoms with Crippen LogP contribution < -0.4 is 20.9 Å². The number of hydrogen-bond donors (Lipinski definition) is 3. The molecular weight excluding hydrogens is 579 g/mol. The molecule has 2 fully saturated rings. The van der Waals surface area contributed by atoms with Crippen molar-refractivity contribution in [3.8, 4) is 17.9 Å². The first kappa shape index (κ1) is 30.0. The third-order valence-corrected chi connectivity index (χ3v) is 7.22. The zero-order chi connectivity index (χ0) is 31.6. The number of piperidine rings is 1. The number of pyridine rings is 2. The molecule has 0 saturated carbocycles. The lowest BCUT2D eigenvalue weighted by molar-refractivity contribution is -0.138. The van der Waals surface area contributed by atoms with Gasteiger partial charge in [0.2, 0.25) is 11.8 Å². The Bertz CT molecular complexity index is 1710. The van der Waals surface area contributed by atoms with E-state index in [-0.39, 0.29) is 29.8 Å². The van der Waals surface area contributed by atoms with E-state index in [4.69, 9.17) is 5.26 Å². The van der Waals surface area contributed by atoms with Crippen molar-refractivity contribution in [2.75, 3.05) is 28.6 Å². The normalized spacial score (nSPS) is 17.1. The Labute approximate surface area is 249 Å². The zero-order valence-corrected chi connectivity index (χ0v) is 23.6. The van der Waals surface area contributed by atoms with Crippen molar-refractivity contribution in [1.29, 1.82) is 5.26 Å². The molecule has 2 aliphatic rings. The maximum Gasteiger partial charge on any atom is 0.419 e. The largest absolute Gasteiger partial charge is 0.419 e. The van der Waals surface area contributed by atoms with Crippen LogP contribution in [-0.2, 0) is 26.1 Å². The Morgan fingerprint density at radius 3 is 2.52 bits per heavy atom. The predicted octanol–water partition coefficient (Wildman–Crippen LogP) is 2.64. The molecule has 0 aromatic carbocycles. The van der Waals surface area contributed by atoms with Crippen molar-refractivity contribution in [2.24, 2.45) is 5.92 Å². The van der Waals surface area contributed by atoms with Gasteiger partial charge in [0.05, 0.1) is 47.0 Å². The number of anilines is 3. The van der Waals surface area contributed by atoms with Gasteiger partial charge in [0.15, 0.2) is 5.69 Å². The molecular formula is C29H26F3N9O3. The molecule has 44 heavy (non-hydrogen) atoms. The Hall–Kier alpha value is -5.44. The highest BCUT2D eigenvalue weighted by Crippen LogP contribution is 2.33. The third kappa shape index (κ3) is 6.47. The molecule has 1 unspecified atom stereocenters. The SMILES string of the molecule is CC(C)(C(=O)Nc1cnc(C#N)c(C(F)(F)F)c1)n1cc(C#CC2CN(c3ccc(NC4CCC(=O)NC4=O)cn3)C2)cn1. The second kappa shape index (κ2) is 11.7. The van der Waals surface area contributed by atoms with Gasteiger partial charge in [-0.25, -0.2) is 9.97 Å². The topological polar surface area (TPSA) is 158 Å². The van der Waals surface area contributed by atoms with E-state index in [2.05, 4.69) is 42.9 Å². The molecule has 12 nitrogen and oxygen atoms in total. The van der Waals surface area contributed by atoms with Gasteiger partial charge in [0, 0.05) is 25.7 Å². The quantitative estimate of drug-likeness (QED) is 0.284. The maximum absolute atomic E-state index is 13.3. The number of carbonyl (C=O) groups is 3. The number of nitrogens with zero attached hydrogens (tertiary/aromatic N) is 6. The monoisotopic (exact) mass is 605 g/mol. The second-order valence-corrected chi connectivity index (χ2v) is 10.8. The molecule has 5 rings (SSSR count). The number of halogens is 3. The number of aromatic nitrogens is 4. The average molecular weight is 606 g/mol. The molecule has 3 amide bonds. The van der Waals surface area contributed by atoms with Gasteiger partial charge in [0.1, 0.15) is 23.5 Å². The Kier molecular flexibility index (Phi) is 7.97. The summed E-state index contributed by atoms with van der Waals surface area (Å²) < 4.78 is 41.2. The van der Waals surface area contributed by atoms with Crippen molar-refractivity contribution < 1.29 is 27.6 Å². The Morgan fingerprint density at radius 2 is 1.86 bits per heavy atom. The van der Waals surface area contributed by atoms with Crippen LogP contribution in [0.15, 0.2) is 43.0 Å². The van der Waals surface area contributed by atoms with Gasteiger partial charge in [-0.2, -0.15) is 23.5 Å². The molecule has 0 spiro atoms. The number of nitrogens with one attached hydrogen (secondary N) is 3. The number of amides is 3. The maximum atomic E-state index is 13.3. The molecule has 226 valence electrons. The summed E-state index contributed by atoms with van der Waals surface area (Å²) in [4.78, 5) is 46.2. The highest BCUT2D eigenvalue weighted by molar-refractivity contribution is 6.01. The molecule has 2 saturated heterocycles. The van der Waals surface area contributed by atoms with E-state index in [1.165, 1.54) is 16.9 Å². The summed E-state index contributed by atoms with van der Waals surface area (Å²) in [5, 5.41) is 21.0. The van der Waals surface area contributed by atoms with Crippen LogP contribution in [0.2, 0.25) is 0 Å². The summed E-state index contributed by atoms with van der Waals surface area (Å²) in [6.45, 7) is 4.41. The van der Waals surface area contributed by atoms with Crippen LogP contribution in [0.5, 0.6) is 0 Å². The Balaban J connectivity index is 1.15. The highest BCUT2D eigenvalue weighted by Gasteiger charge is 2.36. The third-order valence-electron chi connectivity index (χ3n) is 7.22. The minimum absolute atomic E-state index is 0.0736. The van der Waals surface area contributed by atoms with Crippen molar-refractivity contribution in [3.63, 3.8) is 0 Å². The molecule has 0 aliphatic carbocycles. The molecule has 15 heteroatoms. The first-order valence-corrected chi connectivity index (χ1v) is 13.5. The lowest BCUT2D eigenvalue weighted by atomic mass is 10.0. The van der Waals surface area contributed by atoms with E-state index < -0.39 is 34.9 Å². The number of rotatable bonds is 6. The van der Waals surface area contributed by atoms with Crippen molar-refractivity contribution in [2.45, 2.75) is 44.4 Å². The van der Waals surface area contributed by atoms with E-state index >= 15 is 0 Å². The van der Waals surface area contributed by atoms with Gasteiger partial charge >= 0.3 is 6.18 Å². The summed E-state index contributed by atoms with van der Waals surface area (Å²) in [6, 6.07) is 5.25. The van der Waals surface area contributed by atoms with E-state index in [9.17, 15) is 27.6 Å². The lowest BCUT2D eigenvalue weighted by Gasteiger charge is -2.37. The van der Waals surface area contributed by atoms with Crippen molar-refractivity contribution in [1.82, 2.24) is 25.1 Å². The molecule has 3 N–H and O–H groups in total. The van der Waals surface area contributed by atoms with Crippen LogP contribution in [0, 0.1) is 29.1 Å². The van der Waals surface area contributed by atoms with E-state index in [1.807, 2.05) is 17.0 Å². The summed E-state index contributed by atoms with van der Waals surface area (Å²) in [7, 11) is 0. The van der Waals surface area contributed by atoms with Gasteiger partial charge in [-0.05, 0) is 38.5 Å². The first-order chi connectivity index (χ1) is 20.8.